The van der Waals surface area contributed by atoms with E-state index in [1.54, 1.807) is 12.1 Å². The van der Waals surface area contributed by atoms with Crippen LogP contribution in [0.2, 0.25) is 0 Å². The van der Waals surface area contributed by atoms with Crippen molar-refractivity contribution in [3.8, 4) is 5.75 Å². The van der Waals surface area contributed by atoms with Crippen molar-refractivity contribution in [3.63, 3.8) is 0 Å². The van der Waals surface area contributed by atoms with E-state index in [0.717, 1.165) is 0 Å². The van der Waals surface area contributed by atoms with Crippen LogP contribution in [-0.4, -0.2) is 19.6 Å². The Labute approximate surface area is 95.2 Å². The van der Waals surface area contributed by atoms with E-state index in [9.17, 15) is 13.6 Å². The van der Waals surface area contributed by atoms with E-state index in [-0.39, 0.29) is 17.1 Å². The molecule has 1 heterocycles. The number of carbonyl (C=O) groups is 1. The second kappa shape index (κ2) is 4.40. The fourth-order valence-corrected chi connectivity index (χ4v) is 1.46. The molecule has 0 spiro atoms. The highest BCUT2D eigenvalue weighted by atomic mass is 19.3. The number of benzene rings is 1. The summed E-state index contributed by atoms with van der Waals surface area (Å²) in [6.07, 6.45) is 0. The lowest BCUT2D eigenvalue weighted by atomic mass is 10.2. The molecule has 0 saturated heterocycles. The molecule has 1 amide bonds. The lowest BCUT2D eigenvalue weighted by Crippen LogP contribution is -2.16. The average Bonchev–Trinajstić information content (AvgIpc) is 2.72. The molecule has 0 aliphatic rings. The Bertz CT molecular complexity index is 551. The SMILES string of the molecule is CNC(=O)c1cc2cccc(OC(F)F)c2o1. The van der Waals surface area contributed by atoms with E-state index >= 15 is 0 Å². The van der Waals surface area contributed by atoms with Gasteiger partial charge in [0, 0.05) is 12.4 Å². The van der Waals surface area contributed by atoms with Crippen LogP contribution in [0.15, 0.2) is 28.7 Å². The van der Waals surface area contributed by atoms with Gasteiger partial charge in [-0.25, -0.2) is 0 Å². The zero-order valence-electron chi connectivity index (χ0n) is 8.87. The first kappa shape index (κ1) is 11.4. The first-order valence-electron chi connectivity index (χ1n) is 4.81. The van der Waals surface area contributed by atoms with Crippen molar-refractivity contribution in [3.05, 3.63) is 30.0 Å². The first-order chi connectivity index (χ1) is 8.11. The van der Waals surface area contributed by atoms with E-state index in [4.69, 9.17) is 4.42 Å². The molecule has 0 saturated carbocycles. The summed E-state index contributed by atoms with van der Waals surface area (Å²) in [6.45, 7) is -2.94. The number of alkyl halides is 2. The van der Waals surface area contributed by atoms with Gasteiger partial charge in [0.1, 0.15) is 0 Å². The highest BCUT2D eigenvalue weighted by Crippen LogP contribution is 2.29. The Morgan fingerprint density at radius 2 is 2.24 bits per heavy atom. The van der Waals surface area contributed by atoms with Crippen LogP contribution in [0.1, 0.15) is 10.6 Å². The van der Waals surface area contributed by atoms with Gasteiger partial charge in [-0.1, -0.05) is 12.1 Å². The lowest BCUT2D eigenvalue weighted by Gasteiger charge is -2.03. The van der Waals surface area contributed by atoms with Crippen molar-refractivity contribution in [1.82, 2.24) is 5.32 Å². The molecule has 0 aliphatic carbocycles. The minimum absolute atomic E-state index is 0.0489. The van der Waals surface area contributed by atoms with Crippen LogP contribution in [0, 0.1) is 0 Å². The molecule has 0 aliphatic heterocycles. The van der Waals surface area contributed by atoms with Crippen LogP contribution >= 0.6 is 0 Å². The van der Waals surface area contributed by atoms with Gasteiger partial charge in [-0.15, -0.1) is 0 Å². The normalized spacial score (nSPS) is 10.8. The molecule has 1 aromatic heterocycles. The van der Waals surface area contributed by atoms with Crippen LogP contribution in [0.25, 0.3) is 11.0 Å². The minimum Gasteiger partial charge on any atom is -0.447 e. The summed E-state index contributed by atoms with van der Waals surface area (Å²) in [6, 6.07) is 6.00. The zero-order valence-corrected chi connectivity index (χ0v) is 8.87. The number of carbonyl (C=O) groups excluding carboxylic acids is 1. The maximum atomic E-state index is 12.1. The van der Waals surface area contributed by atoms with Crippen molar-refractivity contribution in [2.75, 3.05) is 7.05 Å². The average molecular weight is 241 g/mol. The fraction of sp³-hybridized carbons (Fsp3) is 0.182. The Hall–Kier alpha value is -2.11. The van der Waals surface area contributed by atoms with Crippen LogP contribution in [-0.2, 0) is 0 Å². The number of ether oxygens (including phenoxy) is 1. The van der Waals surface area contributed by atoms with Crippen LogP contribution in [0.4, 0.5) is 8.78 Å². The molecular weight excluding hydrogens is 232 g/mol. The Morgan fingerprint density at radius 1 is 1.47 bits per heavy atom. The molecule has 0 unspecified atom stereocenters. The first-order valence-corrected chi connectivity index (χ1v) is 4.81. The topological polar surface area (TPSA) is 51.5 Å². The number of fused-ring (bicyclic) bond motifs is 1. The van der Waals surface area contributed by atoms with Crippen molar-refractivity contribution in [2.24, 2.45) is 0 Å². The number of halogens is 2. The highest BCUT2D eigenvalue weighted by molar-refractivity contribution is 5.97. The van der Waals surface area contributed by atoms with E-state index in [2.05, 4.69) is 10.1 Å². The van der Waals surface area contributed by atoms with Crippen molar-refractivity contribution in [2.45, 2.75) is 6.61 Å². The molecule has 17 heavy (non-hydrogen) atoms. The summed E-state index contributed by atoms with van der Waals surface area (Å²) in [4.78, 5) is 11.3. The third-order valence-corrected chi connectivity index (χ3v) is 2.17. The molecule has 0 atom stereocenters. The molecule has 1 N–H and O–H groups in total. The van der Waals surface area contributed by atoms with Crippen molar-refractivity contribution < 1.29 is 22.7 Å². The van der Waals surface area contributed by atoms with Gasteiger partial charge < -0.3 is 14.5 Å². The standard InChI is InChI=1S/C11H9F2NO3/c1-14-10(15)8-5-6-3-2-4-7(9(6)16-8)17-11(12)13/h2-5,11H,1H3,(H,14,15). The largest absolute Gasteiger partial charge is 0.447 e. The number of para-hydroxylation sites is 1. The molecular formula is C11H9F2NO3. The number of furan rings is 1. The van der Waals surface area contributed by atoms with Crippen LogP contribution in [0.5, 0.6) is 5.75 Å². The van der Waals surface area contributed by atoms with Crippen molar-refractivity contribution in [1.29, 1.82) is 0 Å². The summed E-state index contributed by atoms with van der Waals surface area (Å²) < 4.78 is 33.8. The number of amides is 1. The van der Waals surface area contributed by atoms with Gasteiger partial charge in [0.05, 0.1) is 0 Å². The van der Waals surface area contributed by atoms with Gasteiger partial charge in [-0.05, 0) is 12.1 Å². The molecule has 1 aromatic carbocycles. The maximum Gasteiger partial charge on any atom is 0.387 e. The van der Waals surface area contributed by atoms with Gasteiger partial charge in [0.15, 0.2) is 17.1 Å². The Morgan fingerprint density at radius 3 is 2.88 bits per heavy atom. The maximum absolute atomic E-state index is 12.1. The van der Waals surface area contributed by atoms with Gasteiger partial charge in [0.25, 0.3) is 5.91 Å². The predicted octanol–water partition coefficient (Wildman–Crippen LogP) is 2.39. The lowest BCUT2D eigenvalue weighted by molar-refractivity contribution is -0.0493. The number of hydrogen-bond acceptors (Lipinski definition) is 3. The van der Waals surface area contributed by atoms with E-state index in [1.807, 2.05) is 0 Å². The minimum atomic E-state index is -2.94. The number of rotatable bonds is 3. The molecule has 0 fully saturated rings. The molecule has 0 radical (unpaired) electrons. The number of nitrogens with one attached hydrogen (secondary N) is 1. The summed E-state index contributed by atoms with van der Waals surface area (Å²) in [7, 11) is 1.45. The zero-order chi connectivity index (χ0) is 12.4. The van der Waals surface area contributed by atoms with Gasteiger partial charge in [-0.2, -0.15) is 8.78 Å². The fourth-order valence-electron chi connectivity index (χ4n) is 1.46. The second-order valence-corrected chi connectivity index (χ2v) is 3.24. The summed E-state index contributed by atoms with van der Waals surface area (Å²) in [5, 5.41) is 2.91. The molecule has 90 valence electrons. The third-order valence-electron chi connectivity index (χ3n) is 2.17. The second-order valence-electron chi connectivity index (χ2n) is 3.24. The monoisotopic (exact) mass is 241 g/mol. The third kappa shape index (κ3) is 2.20. The summed E-state index contributed by atoms with van der Waals surface area (Å²) in [5.41, 5.74) is 0.131. The summed E-state index contributed by atoms with van der Waals surface area (Å²) >= 11 is 0. The quantitative estimate of drug-likeness (QED) is 0.897. The molecule has 0 bridgehead atoms. The van der Waals surface area contributed by atoms with Gasteiger partial charge in [0.2, 0.25) is 0 Å². The van der Waals surface area contributed by atoms with E-state index in [1.165, 1.54) is 19.2 Å². The smallest absolute Gasteiger partial charge is 0.387 e. The van der Waals surface area contributed by atoms with Gasteiger partial charge in [-0.3, -0.25) is 4.79 Å². The van der Waals surface area contributed by atoms with Crippen LogP contribution < -0.4 is 10.1 Å². The van der Waals surface area contributed by atoms with Crippen LogP contribution in [0.3, 0.4) is 0 Å². The van der Waals surface area contributed by atoms with Gasteiger partial charge >= 0.3 is 6.61 Å². The Balaban J connectivity index is 2.49. The summed E-state index contributed by atoms with van der Waals surface area (Å²) in [5.74, 6) is -0.468. The Kier molecular flexibility index (Phi) is 2.95. The number of hydrogen-bond donors (Lipinski definition) is 1. The van der Waals surface area contributed by atoms with E-state index < -0.39 is 12.5 Å². The molecule has 6 heteroatoms. The van der Waals surface area contributed by atoms with E-state index in [0.29, 0.717) is 5.39 Å². The predicted molar refractivity (Wildman–Crippen MR) is 56.2 cm³/mol. The highest BCUT2D eigenvalue weighted by Gasteiger charge is 2.15. The van der Waals surface area contributed by atoms with Crippen molar-refractivity contribution >= 4 is 16.9 Å². The molecule has 2 aromatic rings. The molecule has 2 rings (SSSR count). The molecule has 4 nitrogen and oxygen atoms in total.